The molecule has 2 fully saturated rings. The molecule has 1 N–H and O–H groups in total. The minimum absolute atomic E-state index is 0.0673. The van der Waals surface area contributed by atoms with E-state index in [0.29, 0.717) is 17.4 Å². The number of likely N-dealkylation sites (N-methyl/N-ethyl adjacent to an activating group) is 1. The minimum atomic E-state index is 0.0673. The second kappa shape index (κ2) is 4.36. The van der Waals surface area contributed by atoms with E-state index in [2.05, 4.69) is 24.1 Å². The van der Waals surface area contributed by atoms with Crippen LogP contribution in [0.5, 0.6) is 0 Å². The number of rotatable bonds is 2. The molecule has 16 heavy (non-hydrogen) atoms. The summed E-state index contributed by atoms with van der Waals surface area (Å²) in [6.45, 7) is 5.58. The van der Waals surface area contributed by atoms with E-state index >= 15 is 0 Å². The Labute approximate surface area is 98.6 Å². The van der Waals surface area contributed by atoms with Crippen molar-refractivity contribution in [2.75, 3.05) is 13.6 Å². The maximum atomic E-state index is 12.2. The molecule has 0 aromatic rings. The lowest BCUT2D eigenvalue weighted by Gasteiger charge is -2.44. The van der Waals surface area contributed by atoms with Gasteiger partial charge in [0.05, 0.1) is 6.04 Å². The highest BCUT2D eigenvalue weighted by Gasteiger charge is 2.42. The molecule has 2 unspecified atom stereocenters. The fourth-order valence-electron chi connectivity index (χ4n) is 3.33. The molecule has 3 heteroatoms. The number of amides is 1. The standard InChI is InChI=1S/C13H24N2O/c1-13(2)8-5-4-6-11(13)15-9-7-10(14-3)12(15)16/h10-11,14H,4-9H2,1-3H3. The third kappa shape index (κ3) is 1.97. The van der Waals surface area contributed by atoms with Crippen LogP contribution in [0.25, 0.3) is 0 Å². The highest BCUT2D eigenvalue weighted by molar-refractivity contribution is 5.84. The Morgan fingerprint density at radius 2 is 2.06 bits per heavy atom. The van der Waals surface area contributed by atoms with E-state index in [0.717, 1.165) is 13.0 Å². The SMILES string of the molecule is CNC1CCN(C2CCCCC2(C)C)C1=O. The van der Waals surface area contributed by atoms with Crippen molar-refractivity contribution >= 4 is 5.91 Å². The predicted octanol–water partition coefficient (Wildman–Crippen LogP) is 1.78. The van der Waals surface area contributed by atoms with Gasteiger partial charge < -0.3 is 10.2 Å². The van der Waals surface area contributed by atoms with Crippen LogP contribution in [0.4, 0.5) is 0 Å². The summed E-state index contributed by atoms with van der Waals surface area (Å²) in [6.07, 6.45) is 6.02. The van der Waals surface area contributed by atoms with Crippen LogP contribution in [0.3, 0.4) is 0 Å². The van der Waals surface area contributed by atoms with E-state index < -0.39 is 0 Å². The monoisotopic (exact) mass is 224 g/mol. The molecule has 1 saturated heterocycles. The van der Waals surface area contributed by atoms with Crippen LogP contribution in [0.1, 0.15) is 46.0 Å². The van der Waals surface area contributed by atoms with Gasteiger partial charge in [-0.15, -0.1) is 0 Å². The molecule has 0 aromatic heterocycles. The Morgan fingerprint density at radius 3 is 2.62 bits per heavy atom. The number of hydrogen-bond donors (Lipinski definition) is 1. The summed E-state index contributed by atoms with van der Waals surface area (Å²) in [5, 5.41) is 3.12. The van der Waals surface area contributed by atoms with Crippen molar-refractivity contribution in [1.29, 1.82) is 0 Å². The largest absolute Gasteiger partial charge is 0.338 e. The molecule has 1 aliphatic heterocycles. The summed E-state index contributed by atoms with van der Waals surface area (Å²) in [6, 6.07) is 0.532. The quantitative estimate of drug-likeness (QED) is 0.775. The lowest BCUT2D eigenvalue weighted by Crippen LogP contribution is -2.49. The van der Waals surface area contributed by atoms with Gasteiger partial charge in [0, 0.05) is 12.6 Å². The first-order valence-corrected chi connectivity index (χ1v) is 6.54. The average molecular weight is 224 g/mol. The van der Waals surface area contributed by atoms with Crippen molar-refractivity contribution in [2.45, 2.75) is 58.0 Å². The number of likely N-dealkylation sites (tertiary alicyclic amines) is 1. The normalized spacial score (nSPS) is 34.4. The van der Waals surface area contributed by atoms with Gasteiger partial charge >= 0.3 is 0 Å². The lowest BCUT2D eigenvalue weighted by atomic mass is 9.72. The van der Waals surface area contributed by atoms with E-state index in [4.69, 9.17) is 0 Å². The van der Waals surface area contributed by atoms with Gasteiger partial charge in [-0.25, -0.2) is 0 Å². The van der Waals surface area contributed by atoms with Gasteiger partial charge in [-0.05, 0) is 31.7 Å². The van der Waals surface area contributed by atoms with Crippen molar-refractivity contribution in [3.63, 3.8) is 0 Å². The summed E-state index contributed by atoms with van der Waals surface area (Å²) in [5.41, 5.74) is 0.302. The summed E-state index contributed by atoms with van der Waals surface area (Å²) in [7, 11) is 1.89. The van der Waals surface area contributed by atoms with Crippen LogP contribution in [0, 0.1) is 5.41 Å². The first-order chi connectivity index (χ1) is 7.56. The summed E-state index contributed by atoms with van der Waals surface area (Å²) in [4.78, 5) is 14.3. The average Bonchev–Trinajstić information content (AvgIpc) is 2.59. The number of carbonyl (C=O) groups is 1. The number of carbonyl (C=O) groups excluding carboxylic acids is 1. The van der Waals surface area contributed by atoms with Gasteiger partial charge in [-0.2, -0.15) is 0 Å². The Morgan fingerprint density at radius 1 is 1.31 bits per heavy atom. The van der Waals surface area contributed by atoms with Crippen LogP contribution >= 0.6 is 0 Å². The van der Waals surface area contributed by atoms with Crippen LogP contribution in [-0.4, -0.2) is 36.5 Å². The lowest BCUT2D eigenvalue weighted by molar-refractivity contribution is -0.134. The van der Waals surface area contributed by atoms with Crippen LogP contribution in [-0.2, 0) is 4.79 Å². The van der Waals surface area contributed by atoms with Crippen molar-refractivity contribution in [3.8, 4) is 0 Å². The van der Waals surface area contributed by atoms with Crippen LogP contribution in [0.2, 0.25) is 0 Å². The molecule has 0 bridgehead atoms. The van der Waals surface area contributed by atoms with Crippen molar-refractivity contribution in [2.24, 2.45) is 5.41 Å². The van der Waals surface area contributed by atoms with Gasteiger partial charge in [0.15, 0.2) is 0 Å². The van der Waals surface area contributed by atoms with Gasteiger partial charge in [-0.1, -0.05) is 26.7 Å². The van der Waals surface area contributed by atoms with Gasteiger partial charge in [0.25, 0.3) is 0 Å². The summed E-state index contributed by atoms with van der Waals surface area (Å²) >= 11 is 0. The van der Waals surface area contributed by atoms with Crippen molar-refractivity contribution in [1.82, 2.24) is 10.2 Å². The van der Waals surface area contributed by atoms with E-state index in [1.807, 2.05) is 7.05 Å². The first-order valence-electron chi connectivity index (χ1n) is 6.54. The van der Waals surface area contributed by atoms with Gasteiger partial charge in [-0.3, -0.25) is 4.79 Å². The summed E-state index contributed by atoms with van der Waals surface area (Å²) in [5.74, 6) is 0.322. The number of hydrogen-bond acceptors (Lipinski definition) is 2. The molecule has 2 rings (SSSR count). The van der Waals surface area contributed by atoms with E-state index in [9.17, 15) is 4.79 Å². The molecule has 1 amide bonds. The third-order valence-electron chi connectivity index (χ3n) is 4.42. The Balaban J connectivity index is 2.10. The van der Waals surface area contributed by atoms with E-state index in [-0.39, 0.29) is 6.04 Å². The minimum Gasteiger partial charge on any atom is -0.338 e. The smallest absolute Gasteiger partial charge is 0.240 e. The molecule has 2 aliphatic rings. The molecule has 1 aliphatic carbocycles. The summed E-state index contributed by atoms with van der Waals surface area (Å²) < 4.78 is 0. The van der Waals surface area contributed by atoms with Crippen molar-refractivity contribution in [3.05, 3.63) is 0 Å². The molecule has 1 saturated carbocycles. The molecule has 3 nitrogen and oxygen atoms in total. The topological polar surface area (TPSA) is 32.3 Å². The highest BCUT2D eigenvalue weighted by Crippen LogP contribution is 2.39. The molecule has 1 heterocycles. The Bertz CT molecular complexity index is 275. The fraction of sp³-hybridized carbons (Fsp3) is 0.923. The zero-order chi connectivity index (χ0) is 11.8. The molecular formula is C13H24N2O. The third-order valence-corrected chi connectivity index (χ3v) is 4.42. The molecule has 0 spiro atoms. The maximum absolute atomic E-state index is 12.2. The zero-order valence-corrected chi connectivity index (χ0v) is 10.8. The predicted molar refractivity (Wildman–Crippen MR) is 65.2 cm³/mol. The second-order valence-corrected chi connectivity index (χ2v) is 5.91. The first kappa shape index (κ1) is 11.9. The Hall–Kier alpha value is -0.570. The van der Waals surface area contributed by atoms with Crippen molar-refractivity contribution < 1.29 is 4.79 Å². The van der Waals surface area contributed by atoms with Gasteiger partial charge in [0.2, 0.25) is 5.91 Å². The molecule has 92 valence electrons. The van der Waals surface area contributed by atoms with Crippen LogP contribution in [0.15, 0.2) is 0 Å². The highest BCUT2D eigenvalue weighted by atomic mass is 16.2. The molecule has 0 radical (unpaired) electrons. The second-order valence-electron chi connectivity index (χ2n) is 5.91. The van der Waals surface area contributed by atoms with Crippen LogP contribution < -0.4 is 5.32 Å². The molecular weight excluding hydrogens is 200 g/mol. The van der Waals surface area contributed by atoms with E-state index in [1.165, 1.54) is 25.7 Å². The Kier molecular flexibility index (Phi) is 3.24. The van der Waals surface area contributed by atoms with E-state index in [1.54, 1.807) is 0 Å². The molecule has 2 atom stereocenters. The number of nitrogens with one attached hydrogen (secondary N) is 1. The fourth-order valence-corrected chi connectivity index (χ4v) is 3.33. The van der Waals surface area contributed by atoms with Gasteiger partial charge in [0.1, 0.15) is 0 Å². The molecule has 0 aromatic carbocycles. The maximum Gasteiger partial charge on any atom is 0.240 e. The zero-order valence-electron chi connectivity index (χ0n) is 10.8. The number of nitrogens with zero attached hydrogens (tertiary/aromatic N) is 1.